The number of nitrogens with zero attached hydrogens (tertiary/aromatic N) is 2. The molecule has 2 heterocycles. The molecule has 2 aromatic heterocycles. The smallest absolute Gasteiger partial charge is 0.124 e. The lowest BCUT2D eigenvalue weighted by atomic mass is 10.2. The summed E-state index contributed by atoms with van der Waals surface area (Å²) in [4.78, 5) is 8.26. The molecule has 0 bridgehead atoms. The first-order chi connectivity index (χ1) is 6.29. The maximum absolute atomic E-state index is 5.54. The van der Waals surface area contributed by atoms with E-state index in [1.165, 1.54) is 0 Å². The van der Waals surface area contributed by atoms with Gasteiger partial charge in [-0.1, -0.05) is 6.58 Å². The Labute approximate surface area is 75.9 Å². The molecule has 13 heavy (non-hydrogen) atoms. The monoisotopic (exact) mass is 171 g/mol. The Morgan fingerprint density at radius 1 is 1.38 bits per heavy atom. The number of hydrogen-bond acceptors (Lipinski definition) is 3. The van der Waals surface area contributed by atoms with Crippen molar-refractivity contribution in [1.29, 1.82) is 0 Å². The Balaban J connectivity index is 2.73. The number of aromatic nitrogens is 2. The lowest BCUT2D eigenvalue weighted by Gasteiger charge is -1.98. The zero-order valence-electron chi connectivity index (χ0n) is 7.07. The molecule has 0 fully saturated rings. The van der Waals surface area contributed by atoms with E-state index in [2.05, 4.69) is 16.5 Å². The summed E-state index contributed by atoms with van der Waals surface area (Å²) in [7, 11) is 0. The van der Waals surface area contributed by atoms with Crippen molar-refractivity contribution >= 4 is 22.8 Å². The van der Waals surface area contributed by atoms with Crippen LogP contribution in [-0.2, 0) is 0 Å². The molecule has 0 spiro atoms. The highest BCUT2D eigenvalue weighted by atomic mass is 14.8. The number of anilines is 1. The van der Waals surface area contributed by atoms with Crippen LogP contribution in [0.4, 0.5) is 5.82 Å². The molecule has 2 aromatic rings. The van der Waals surface area contributed by atoms with Crippen LogP contribution >= 0.6 is 0 Å². The molecule has 0 saturated carbocycles. The second kappa shape index (κ2) is 2.86. The van der Waals surface area contributed by atoms with Gasteiger partial charge in [-0.3, -0.25) is 4.98 Å². The van der Waals surface area contributed by atoms with Crippen molar-refractivity contribution < 1.29 is 0 Å². The van der Waals surface area contributed by atoms with Gasteiger partial charge in [-0.2, -0.15) is 0 Å². The van der Waals surface area contributed by atoms with Crippen LogP contribution in [0.5, 0.6) is 0 Å². The van der Waals surface area contributed by atoms with Gasteiger partial charge < -0.3 is 5.73 Å². The summed E-state index contributed by atoms with van der Waals surface area (Å²) in [6, 6.07) is 5.62. The van der Waals surface area contributed by atoms with Crippen molar-refractivity contribution in [2.24, 2.45) is 0 Å². The van der Waals surface area contributed by atoms with Crippen molar-refractivity contribution in [3.05, 3.63) is 36.7 Å². The highest BCUT2D eigenvalue weighted by Crippen LogP contribution is 2.13. The lowest BCUT2D eigenvalue weighted by Crippen LogP contribution is -1.90. The molecule has 64 valence electrons. The number of hydrogen-bond donors (Lipinski definition) is 1. The van der Waals surface area contributed by atoms with E-state index in [0.717, 1.165) is 16.6 Å². The molecule has 3 heteroatoms. The fourth-order valence-corrected chi connectivity index (χ4v) is 1.17. The minimum Gasteiger partial charge on any atom is -0.384 e. The quantitative estimate of drug-likeness (QED) is 0.712. The van der Waals surface area contributed by atoms with Crippen molar-refractivity contribution in [3.63, 3.8) is 0 Å². The molecule has 2 N–H and O–H groups in total. The molecular weight excluding hydrogens is 162 g/mol. The predicted octanol–water partition coefficient (Wildman–Crippen LogP) is 1.85. The van der Waals surface area contributed by atoms with Crippen LogP contribution < -0.4 is 5.73 Å². The van der Waals surface area contributed by atoms with E-state index in [1.54, 1.807) is 18.3 Å². The second-order valence-electron chi connectivity index (χ2n) is 2.74. The molecule has 3 nitrogen and oxygen atoms in total. The van der Waals surface area contributed by atoms with Crippen LogP contribution in [0.15, 0.2) is 31.0 Å². The highest BCUT2D eigenvalue weighted by molar-refractivity contribution is 5.80. The number of nitrogens with two attached hydrogens (primary N) is 1. The Morgan fingerprint density at radius 2 is 2.23 bits per heavy atom. The van der Waals surface area contributed by atoms with Gasteiger partial charge in [0.1, 0.15) is 5.82 Å². The van der Waals surface area contributed by atoms with Crippen LogP contribution in [0.25, 0.3) is 17.0 Å². The normalized spacial score (nSPS) is 10.2. The number of nitrogen functional groups attached to an aromatic ring is 1. The molecule has 0 aromatic carbocycles. The van der Waals surface area contributed by atoms with Crippen LogP contribution in [0, 0.1) is 0 Å². The average Bonchev–Trinajstić information content (AvgIpc) is 2.17. The SMILES string of the molecule is C=Cc1cc2ccc(N)nc2cn1. The molecule has 0 amide bonds. The van der Waals surface area contributed by atoms with Crippen molar-refractivity contribution in [1.82, 2.24) is 9.97 Å². The van der Waals surface area contributed by atoms with Crippen LogP contribution in [0.3, 0.4) is 0 Å². The molecule has 0 aliphatic rings. The first-order valence-electron chi connectivity index (χ1n) is 3.94. The Bertz CT molecular complexity index is 463. The van der Waals surface area contributed by atoms with Crippen molar-refractivity contribution in [3.8, 4) is 0 Å². The molecule has 0 atom stereocenters. The van der Waals surface area contributed by atoms with E-state index >= 15 is 0 Å². The van der Waals surface area contributed by atoms with Gasteiger partial charge in [-0.25, -0.2) is 4.98 Å². The minimum atomic E-state index is 0.514. The van der Waals surface area contributed by atoms with E-state index in [-0.39, 0.29) is 0 Å². The summed E-state index contributed by atoms with van der Waals surface area (Å²) < 4.78 is 0. The topological polar surface area (TPSA) is 51.8 Å². The third-order valence-electron chi connectivity index (χ3n) is 1.83. The summed E-state index contributed by atoms with van der Waals surface area (Å²) >= 11 is 0. The summed E-state index contributed by atoms with van der Waals surface area (Å²) in [6.45, 7) is 3.65. The first kappa shape index (κ1) is 7.73. The van der Waals surface area contributed by atoms with Gasteiger partial charge in [0.15, 0.2) is 0 Å². The van der Waals surface area contributed by atoms with Gasteiger partial charge in [0.2, 0.25) is 0 Å². The summed E-state index contributed by atoms with van der Waals surface area (Å²) in [5.41, 5.74) is 7.19. The molecule has 0 aliphatic carbocycles. The largest absolute Gasteiger partial charge is 0.384 e. The molecule has 2 rings (SSSR count). The van der Waals surface area contributed by atoms with Gasteiger partial charge in [0, 0.05) is 5.39 Å². The first-order valence-corrected chi connectivity index (χ1v) is 3.94. The van der Waals surface area contributed by atoms with E-state index in [0.29, 0.717) is 5.82 Å². The van der Waals surface area contributed by atoms with Gasteiger partial charge in [0.05, 0.1) is 17.4 Å². The Morgan fingerprint density at radius 3 is 3.00 bits per heavy atom. The molecule has 0 saturated heterocycles. The van der Waals surface area contributed by atoms with E-state index in [9.17, 15) is 0 Å². The summed E-state index contributed by atoms with van der Waals surface area (Å²) in [5.74, 6) is 0.514. The molecule has 0 radical (unpaired) electrons. The van der Waals surface area contributed by atoms with Gasteiger partial charge in [-0.05, 0) is 24.3 Å². The second-order valence-corrected chi connectivity index (χ2v) is 2.74. The van der Waals surface area contributed by atoms with Gasteiger partial charge >= 0.3 is 0 Å². The zero-order chi connectivity index (χ0) is 9.26. The summed E-state index contributed by atoms with van der Waals surface area (Å²) in [5, 5.41) is 1.03. The maximum Gasteiger partial charge on any atom is 0.124 e. The molecular formula is C10H9N3. The third kappa shape index (κ3) is 1.36. The fraction of sp³-hybridized carbons (Fsp3) is 0. The predicted molar refractivity (Wildman–Crippen MR) is 54.0 cm³/mol. The number of pyridine rings is 2. The van der Waals surface area contributed by atoms with Crippen LogP contribution in [-0.4, -0.2) is 9.97 Å². The van der Waals surface area contributed by atoms with Gasteiger partial charge in [0.25, 0.3) is 0 Å². The minimum absolute atomic E-state index is 0.514. The fourth-order valence-electron chi connectivity index (χ4n) is 1.17. The van der Waals surface area contributed by atoms with E-state index in [4.69, 9.17) is 5.73 Å². The van der Waals surface area contributed by atoms with Gasteiger partial charge in [-0.15, -0.1) is 0 Å². The van der Waals surface area contributed by atoms with E-state index < -0.39 is 0 Å². The highest BCUT2D eigenvalue weighted by Gasteiger charge is 1.96. The van der Waals surface area contributed by atoms with Crippen LogP contribution in [0.2, 0.25) is 0 Å². The van der Waals surface area contributed by atoms with Crippen molar-refractivity contribution in [2.45, 2.75) is 0 Å². The maximum atomic E-state index is 5.54. The lowest BCUT2D eigenvalue weighted by molar-refractivity contribution is 1.29. The number of rotatable bonds is 1. The average molecular weight is 171 g/mol. The van der Waals surface area contributed by atoms with E-state index in [1.807, 2.05) is 12.1 Å². The van der Waals surface area contributed by atoms with Crippen molar-refractivity contribution in [2.75, 3.05) is 5.73 Å². The summed E-state index contributed by atoms with van der Waals surface area (Å²) in [6.07, 6.45) is 3.40. The standard InChI is InChI=1S/C10H9N3/c1-2-8-5-7-3-4-10(11)13-9(7)6-12-8/h2-6H,1H2,(H2,11,13). The Hall–Kier alpha value is -1.90. The Kier molecular flexibility index (Phi) is 1.70. The third-order valence-corrected chi connectivity index (χ3v) is 1.83. The van der Waals surface area contributed by atoms with Crippen LogP contribution in [0.1, 0.15) is 5.69 Å². The number of fused-ring (bicyclic) bond motifs is 1. The molecule has 0 unspecified atom stereocenters. The molecule has 0 aliphatic heterocycles. The zero-order valence-corrected chi connectivity index (χ0v) is 7.07.